The van der Waals surface area contributed by atoms with Gasteiger partial charge in [0.2, 0.25) is 0 Å². The molecule has 0 fully saturated rings. The van der Waals surface area contributed by atoms with Gasteiger partial charge in [-0.1, -0.05) is 42.1 Å². The van der Waals surface area contributed by atoms with E-state index in [9.17, 15) is 4.79 Å². The van der Waals surface area contributed by atoms with Crippen LogP contribution >= 0.6 is 11.8 Å². The average Bonchev–Trinajstić information content (AvgIpc) is 3.24. The van der Waals surface area contributed by atoms with Gasteiger partial charge in [0.15, 0.2) is 16.7 Å². The second kappa shape index (κ2) is 8.15. The summed E-state index contributed by atoms with van der Waals surface area (Å²) in [5.41, 5.74) is 4.27. The predicted molar refractivity (Wildman–Crippen MR) is 121 cm³/mol. The SMILES string of the molecule is CCOC(=O)C1=C(C)N2C(c3ccc4c(c3)OCCO4)=CSC2=N[C@H]1c1ccccc1. The van der Waals surface area contributed by atoms with E-state index in [-0.39, 0.29) is 5.97 Å². The van der Waals surface area contributed by atoms with Crippen LogP contribution in [0.3, 0.4) is 0 Å². The number of rotatable bonds is 4. The summed E-state index contributed by atoms with van der Waals surface area (Å²) < 4.78 is 16.8. The normalized spacial score (nSPS) is 19.5. The van der Waals surface area contributed by atoms with Crippen LogP contribution < -0.4 is 9.47 Å². The van der Waals surface area contributed by atoms with Gasteiger partial charge in [-0.25, -0.2) is 9.79 Å². The lowest BCUT2D eigenvalue weighted by Gasteiger charge is -2.32. The van der Waals surface area contributed by atoms with Crippen LogP contribution in [-0.4, -0.2) is 35.9 Å². The van der Waals surface area contributed by atoms with Gasteiger partial charge < -0.3 is 14.2 Å². The average molecular weight is 435 g/mol. The van der Waals surface area contributed by atoms with Crippen molar-refractivity contribution in [2.45, 2.75) is 19.9 Å². The fourth-order valence-electron chi connectivity index (χ4n) is 3.97. The fraction of sp³-hybridized carbons (Fsp3) is 0.250. The van der Waals surface area contributed by atoms with E-state index in [4.69, 9.17) is 19.2 Å². The summed E-state index contributed by atoms with van der Waals surface area (Å²) in [6.45, 7) is 5.17. The molecule has 3 aliphatic heterocycles. The van der Waals surface area contributed by atoms with Gasteiger partial charge in [-0.3, -0.25) is 4.90 Å². The zero-order chi connectivity index (χ0) is 21.4. The third-order valence-electron chi connectivity index (χ3n) is 5.39. The Bertz CT molecular complexity index is 1120. The van der Waals surface area contributed by atoms with Crippen molar-refractivity contribution in [1.82, 2.24) is 4.90 Å². The Morgan fingerprint density at radius 3 is 2.71 bits per heavy atom. The zero-order valence-corrected chi connectivity index (χ0v) is 18.1. The van der Waals surface area contributed by atoms with Crippen LogP contribution in [0.15, 0.2) is 70.2 Å². The minimum atomic E-state index is -0.396. The molecule has 0 unspecified atom stereocenters. The zero-order valence-electron chi connectivity index (χ0n) is 17.3. The highest BCUT2D eigenvalue weighted by Gasteiger charge is 2.38. The van der Waals surface area contributed by atoms with Crippen molar-refractivity contribution >= 4 is 28.6 Å². The van der Waals surface area contributed by atoms with Crippen LogP contribution in [0, 0.1) is 0 Å². The molecule has 0 saturated heterocycles. The van der Waals surface area contributed by atoms with Crippen LogP contribution in [0.1, 0.15) is 31.0 Å². The van der Waals surface area contributed by atoms with Crippen LogP contribution in [0.5, 0.6) is 11.5 Å². The maximum atomic E-state index is 13.0. The van der Waals surface area contributed by atoms with Gasteiger partial charge >= 0.3 is 5.97 Å². The number of nitrogens with zero attached hydrogens (tertiary/aromatic N) is 2. The van der Waals surface area contributed by atoms with Crippen LogP contribution in [0.25, 0.3) is 5.70 Å². The summed E-state index contributed by atoms with van der Waals surface area (Å²) in [7, 11) is 0. The molecule has 0 radical (unpaired) electrons. The number of carbonyl (C=O) groups is 1. The topological polar surface area (TPSA) is 60.4 Å². The number of hydrogen-bond donors (Lipinski definition) is 0. The monoisotopic (exact) mass is 434 g/mol. The second-order valence-electron chi connectivity index (χ2n) is 7.26. The van der Waals surface area contributed by atoms with Gasteiger partial charge in [-0.2, -0.15) is 0 Å². The number of aliphatic imine (C=N–C) groups is 1. The molecule has 3 heterocycles. The van der Waals surface area contributed by atoms with Crippen molar-refractivity contribution in [2.24, 2.45) is 4.99 Å². The smallest absolute Gasteiger partial charge is 0.338 e. The summed E-state index contributed by atoms with van der Waals surface area (Å²) >= 11 is 1.55. The minimum Gasteiger partial charge on any atom is -0.486 e. The van der Waals surface area contributed by atoms with E-state index in [0.717, 1.165) is 39.2 Å². The van der Waals surface area contributed by atoms with Crippen molar-refractivity contribution < 1.29 is 19.0 Å². The summed E-state index contributed by atoms with van der Waals surface area (Å²) in [6, 6.07) is 15.4. The minimum absolute atomic E-state index is 0.313. The molecule has 0 N–H and O–H groups in total. The maximum Gasteiger partial charge on any atom is 0.338 e. The lowest BCUT2D eigenvalue weighted by atomic mass is 9.95. The summed E-state index contributed by atoms with van der Waals surface area (Å²) in [5, 5.41) is 2.90. The number of hydrogen-bond acceptors (Lipinski definition) is 7. The molecule has 7 heteroatoms. The highest BCUT2D eigenvalue weighted by atomic mass is 32.2. The summed E-state index contributed by atoms with van der Waals surface area (Å²) in [5.74, 6) is 1.14. The molecule has 0 bridgehead atoms. The molecule has 6 nitrogen and oxygen atoms in total. The largest absolute Gasteiger partial charge is 0.486 e. The van der Waals surface area contributed by atoms with E-state index < -0.39 is 6.04 Å². The quantitative estimate of drug-likeness (QED) is 0.647. The molecule has 0 amide bonds. The Labute approximate surface area is 185 Å². The number of ether oxygens (including phenoxy) is 3. The number of fused-ring (bicyclic) bond motifs is 2. The van der Waals surface area contributed by atoms with Gasteiger partial charge in [-0.15, -0.1) is 0 Å². The van der Waals surface area contributed by atoms with E-state index in [2.05, 4.69) is 5.41 Å². The molecular weight excluding hydrogens is 412 g/mol. The van der Waals surface area contributed by atoms with Gasteiger partial charge in [0, 0.05) is 16.7 Å². The molecule has 158 valence electrons. The van der Waals surface area contributed by atoms with E-state index >= 15 is 0 Å². The standard InChI is InChI=1S/C24H22N2O4S/c1-3-28-23(27)21-15(2)26-18(17-9-10-19-20(13-17)30-12-11-29-19)14-31-24(26)25-22(21)16-7-5-4-6-8-16/h4-10,13-14,22H,3,11-12H2,1-2H3/t22-/m0/s1. The molecule has 0 aromatic heterocycles. The predicted octanol–water partition coefficient (Wildman–Crippen LogP) is 4.75. The molecule has 0 aliphatic carbocycles. The first kappa shape index (κ1) is 19.8. The second-order valence-corrected chi connectivity index (χ2v) is 8.10. The van der Waals surface area contributed by atoms with Gasteiger partial charge in [0.1, 0.15) is 19.3 Å². The first-order valence-corrected chi connectivity index (χ1v) is 11.1. The van der Waals surface area contributed by atoms with Crippen LogP contribution in [0.2, 0.25) is 0 Å². The molecule has 5 rings (SSSR count). The fourth-order valence-corrected chi connectivity index (χ4v) is 4.93. The summed E-state index contributed by atoms with van der Waals surface area (Å²) in [6.07, 6.45) is 0. The van der Waals surface area contributed by atoms with Gasteiger partial charge in [-0.05, 0) is 37.6 Å². The van der Waals surface area contributed by atoms with E-state index in [1.54, 1.807) is 11.8 Å². The first-order chi connectivity index (χ1) is 15.2. The van der Waals surface area contributed by atoms with Crippen molar-refractivity contribution in [3.8, 4) is 11.5 Å². The Kier molecular flexibility index (Phi) is 5.19. The van der Waals surface area contributed by atoms with E-state index in [1.165, 1.54) is 0 Å². The number of allylic oxidation sites excluding steroid dienone is 1. The van der Waals surface area contributed by atoms with Crippen molar-refractivity contribution in [3.05, 3.63) is 76.3 Å². The molecule has 1 atom stereocenters. The van der Waals surface area contributed by atoms with Gasteiger partial charge in [0.25, 0.3) is 0 Å². The van der Waals surface area contributed by atoms with Crippen molar-refractivity contribution in [3.63, 3.8) is 0 Å². The lowest BCUT2D eigenvalue weighted by molar-refractivity contribution is -0.139. The Hall–Kier alpha value is -3.19. The molecule has 3 aliphatic rings. The molecule has 2 aromatic carbocycles. The number of esters is 1. The molecule has 0 saturated carbocycles. The van der Waals surface area contributed by atoms with Crippen LogP contribution in [-0.2, 0) is 9.53 Å². The van der Waals surface area contributed by atoms with Crippen molar-refractivity contribution in [1.29, 1.82) is 0 Å². The Morgan fingerprint density at radius 1 is 1.16 bits per heavy atom. The third-order valence-corrected chi connectivity index (χ3v) is 6.23. The summed E-state index contributed by atoms with van der Waals surface area (Å²) in [4.78, 5) is 20.0. The highest BCUT2D eigenvalue weighted by Crippen LogP contribution is 2.45. The highest BCUT2D eigenvalue weighted by molar-refractivity contribution is 8.16. The molecule has 31 heavy (non-hydrogen) atoms. The molecule has 2 aromatic rings. The van der Waals surface area contributed by atoms with Crippen LogP contribution in [0.4, 0.5) is 0 Å². The lowest BCUT2D eigenvalue weighted by Crippen LogP contribution is -2.31. The number of thioether (sulfide) groups is 1. The number of amidine groups is 1. The molecule has 0 spiro atoms. The number of benzene rings is 2. The van der Waals surface area contributed by atoms with Gasteiger partial charge in [0.05, 0.1) is 17.9 Å². The Morgan fingerprint density at radius 2 is 1.94 bits per heavy atom. The third kappa shape index (κ3) is 3.49. The number of carbonyl (C=O) groups excluding carboxylic acids is 1. The molecular formula is C24H22N2O4S. The van der Waals surface area contributed by atoms with E-state index in [0.29, 0.717) is 25.4 Å². The van der Waals surface area contributed by atoms with Crippen molar-refractivity contribution in [2.75, 3.05) is 19.8 Å². The first-order valence-electron chi connectivity index (χ1n) is 10.2. The Balaban J connectivity index is 1.57. The van der Waals surface area contributed by atoms with E-state index in [1.807, 2.05) is 67.3 Å². The maximum absolute atomic E-state index is 13.0.